The molecular weight excluding hydrogens is 336 g/mol. The molecule has 3 heteroatoms. The van der Waals surface area contributed by atoms with E-state index in [-0.39, 0.29) is 5.78 Å². The van der Waals surface area contributed by atoms with E-state index in [0.29, 0.717) is 17.0 Å². The van der Waals surface area contributed by atoms with Gasteiger partial charge in [-0.2, -0.15) is 0 Å². The predicted molar refractivity (Wildman–Crippen MR) is 91.5 cm³/mol. The van der Waals surface area contributed by atoms with E-state index in [9.17, 15) is 4.79 Å². The van der Waals surface area contributed by atoms with Crippen LogP contribution in [0.4, 0.5) is 0 Å². The monoisotopic (exact) mass is 352 g/mol. The standard InChI is InChI=1S/C17H18BrClO/c1-4-6-7-14(18)10-12(3)15-9-8-13(11-16(15)19)17(20)5-2/h4,7-11H,1,5-6H2,2-3H3/b12-10+,14-7+. The predicted octanol–water partition coefficient (Wildman–Crippen LogP) is 6.19. The molecule has 0 atom stereocenters. The lowest BCUT2D eigenvalue weighted by Crippen LogP contribution is -1.97. The molecule has 0 spiro atoms. The Morgan fingerprint density at radius 2 is 2.15 bits per heavy atom. The zero-order valence-electron chi connectivity index (χ0n) is 11.7. The van der Waals surface area contributed by atoms with Crippen molar-refractivity contribution in [3.8, 4) is 0 Å². The van der Waals surface area contributed by atoms with E-state index in [0.717, 1.165) is 22.0 Å². The summed E-state index contributed by atoms with van der Waals surface area (Å²) in [6.45, 7) is 7.51. The van der Waals surface area contributed by atoms with Gasteiger partial charge in [-0.05, 0) is 36.6 Å². The van der Waals surface area contributed by atoms with Gasteiger partial charge in [0.2, 0.25) is 0 Å². The van der Waals surface area contributed by atoms with E-state index in [4.69, 9.17) is 11.6 Å². The van der Waals surface area contributed by atoms with Crippen molar-refractivity contribution < 1.29 is 4.79 Å². The minimum absolute atomic E-state index is 0.104. The van der Waals surface area contributed by atoms with Crippen LogP contribution in [0.1, 0.15) is 42.6 Å². The van der Waals surface area contributed by atoms with Gasteiger partial charge in [0.15, 0.2) is 5.78 Å². The van der Waals surface area contributed by atoms with Gasteiger partial charge >= 0.3 is 0 Å². The second kappa shape index (κ2) is 8.23. The third kappa shape index (κ3) is 4.77. The molecule has 0 aliphatic heterocycles. The first-order valence-electron chi connectivity index (χ1n) is 6.47. The van der Waals surface area contributed by atoms with Crippen molar-refractivity contribution >= 4 is 38.9 Å². The second-order valence-corrected chi connectivity index (χ2v) is 5.73. The molecule has 0 fully saturated rings. The van der Waals surface area contributed by atoms with Crippen LogP contribution in [0.3, 0.4) is 0 Å². The van der Waals surface area contributed by atoms with Crippen LogP contribution in [0.5, 0.6) is 0 Å². The SMILES string of the molecule is C=CC/C=C(Br)\C=C(/C)c1ccc(C(=O)CC)cc1Cl. The van der Waals surface area contributed by atoms with Crippen LogP contribution >= 0.6 is 27.5 Å². The smallest absolute Gasteiger partial charge is 0.162 e. The van der Waals surface area contributed by atoms with Gasteiger partial charge in [0.1, 0.15) is 0 Å². The maximum atomic E-state index is 11.6. The molecule has 1 nitrogen and oxygen atoms in total. The van der Waals surface area contributed by atoms with Crippen LogP contribution in [0.25, 0.3) is 5.57 Å². The average molecular weight is 354 g/mol. The summed E-state index contributed by atoms with van der Waals surface area (Å²) < 4.78 is 0.986. The van der Waals surface area contributed by atoms with E-state index in [1.165, 1.54) is 0 Å². The maximum Gasteiger partial charge on any atom is 0.162 e. The first-order valence-corrected chi connectivity index (χ1v) is 7.64. The molecular formula is C17H18BrClO. The van der Waals surface area contributed by atoms with Crippen molar-refractivity contribution in [2.24, 2.45) is 0 Å². The van der Waals surface area contributed by atoms with Crippen molar-refractivity contribution in [3.63, 3.8) is 0 Å². The number of ketones is 1. The Labute approximate surface area is 134 Å². The Bertz CT molecular complexity index is 570. The molecule has 0 N–H and O–H groups in total. The molecule has 0 aromatic heterocycles. The van der Waals surface area contributed by atoms with Crippen LogP contribution in [0.15, 0.2) is 47.5 Å². The number of hydrogen-bond donors (Lipinski definition) is 0. The molecule has 0 heterocycles. The molecule has 106 valence electrons. The number of carbonyl (C=O) groups is 1. The van der Waals surface area contributed by atoms with Crippen molar-refractivity contribution in [1.29, 1.82) is 0 Å². The van der Waals surface area contributed by atoms with Crippen LogP contribution in [0, 0.1) is 0 Å². The molecule has 1 rings (SSSR count). The highest BCUT2D eigenvalue weighted by Gasteiger charge is 2.08. The van der Waals surface area contributed by atoms with Gasteiger partial charge in [-0.25, -0.2) is 0 Å². The fraction of sp³-hybridized carbons (Fsp3) is 0.235. The highest BCUT2D eigenvalue weighted by Crippen LogP contribution is 2.27. The van der Waals surface area contributed by atoms with Gasteiger partial charge in [-0.3, -0.25) is 4.79 Å². The summed E-state index contributed by atoms with van der Waals surface area (Å²) in [4.78, 5) is 11.6. The van der Waals surface area contributed by atoms with Crippen molar-refractivity contribution in [1.82, 2.24) is 0 Å². The second-order valence-electron chi connectivity index (χ2n) is 4.41. The topological polar surface area (TPSA) is 17.1 Å². The lowest BCUT2D eigenvalue weighted by atomic mass is 10.0. The number of benzene rings is 1. The first-order chi connectivity index (χ1) is 9.49. The number of allylic oxidation sites excluding steroid dienone is 5. The summed E-state index contributed by atoms with van der Waals surface area (Å²) in [7, 11) is 0. The van der Waals surface area contributed by atoms with Crippen molar-refractivity contribution in [2.75, 3.05) is 0 Å². The Balaban J connectivity index is 3.05. The molecule has 1 aromatic carbocycles. The fourth-order valence-corrected chi connectivity index (χ4v) is 2.61. The van der Waals surface area contributed by atoms with Crippen LogP contribution in [-0.4, -0.2) is 5.78 Å². The van der Waals surface area contributed by atoms with Gasteiger partial charge < -0.3 is 0 Å². The molecule has 20 heavy (non-hydrogen) atoms. The quantitative estimate of drug-likeness (QED) is 0.338. The highest BCUT2D eigenvalue weighted by atomic mass is 79.9. The van der Waals surface area contributed by atoms with Crippen LogP contribution in [-0.2, 0) is 0 Å². The zero-order chi connectivity index (χ0) is 15.1. The maximum absolute atomic E-state index is 11.6. The lowest BCUT2D eigenvalue weighted by Gasteiger charge is -2.07. The number of rotatable bonds is 6. The number of hydrogen-bond acceptors (Lipinski definition) is 1. The minimum Gasteiger partial charge on any atom is -0.294 e. The number of carbonyl (C=O) groups excluding carboxylic acids is 1. The summed E-state index contributed by atoms with van der Waals surface area (Å²) in [5, 5.41) is 0.599. The van der Waals surface area contributed by atoms with E-state index in [2.05, 4.69) is 22.5 Å². The molecule has 0 aliphatic carbocycles. The minimum atomic E-state index is 0.104. The fourth-order valence-electron chi connectivity index (χ4n) is 1.75. The molecule has 0 saturated carbocycles. The molecule has 1 aromatic rings. The third-order valence-electron chi connectivity index (χ3n) is 2.87. The molecule has 0 radical (unpaired) electrons. The van der Waals surface area contributed by atoms with Gasteiger partial charge in [0.25, 0.3) is 0 Å². The molecule has 0 bridgehead atoms. The zero-order valence-corrected chi connectivity index (χ0v) is 14.1. The normalized spacial score (nSPS) is 12.4. The summed E-state index contributed by atoms with van der Waals surface area (Å²) in [6, 6.07) is 5.46. The first kappa shape index (κ1) is 16.9. The van der Waals surface area contributed by atoms with Crippen LogP contribution < -0.4 is 0 Å². The molecule has 0 saturated heterocycles. The summed E-state index contributed by atoms with van der Waals surface area (Å²) >= 11 is 9.76. The average Bonchev–Trinajstić information content (AvgIpc) is 2.43. The number of Topliss-reactive ketones (excluding diaryl/α,β-unsaturated/α-hetero) is 1. The third-order valence-corrected chi connectivity index (χ3v) is 3.74. The van der Waals surface area contributed by atoms with Gasteiger partial charge in [0.05, 0.1) is 0 Å². The largest absolute Gasteiger partial charge is 0.294 e. The Morgan fingerprint density at radius 3 is 2.70 bits per heavy atom. The lowest BCUT2D eigenvalue weighted by molar-refractivity contribution is 0.0988. The van der Waals surface area contributed by atoms with Crippen molar-refractivity contribution in [2.45, 2.75) is 26.7 Å². The number of halogens is 2. The van der Waals surface area contributed by atoms with Crippen molar-refractivity contribution in [3.05, 3.63) is 63.6 Å². The van der Waals surface area contributed by atoms with E-state index in [1.807, 2.05) is 44.2 Å². The van der Waals surface area contributed by atoms with E-state index >= 15 is 0 Å². The Kier molecular flexibility index (Phi) is 6.97. The van der Waals surface area contributed by atoms with Gasteiger partial charge in [-0.15, -0.1) is 6.58 Å². The summed E-state index contributed by atoms with van der Waals surface area (Å²) in [5.74, 6) is 0.104. The molecule has 0 aliphatic rings. The van der Waals surface area contributed by atoms with Crippen LogP contribution in [0.2, 0.25) is 5.02 Å². The van der Waals surface area contributed by atoms with Gasteiger partial charge in [0, 0.05) is 21.5 Å². The van der Waals surface area contributed by atoms with E-state index in [1.54, 1.807) is 6.07 Å². The Hall–Kier alpha value is -1.12. The van der Waals surface area contributed by atoms with E-state index < -0.39 is 0 Å². The Morgan fingerprint density at radius 1 is 1.45 bits per heavy atom. The molecule has 0 amide bonds. The van der Waals surface area contributed by atoms with Gasteiger partial charge in [-0.1, -0.05) is 58.7 Å². The molecule has 0 unspecified atom stereocenters. The highest BCUT2D eigenvalue weighted by molar-refractivity contribution is 9.11. The summed E-state index contributed by atoms with van der Waals surface area (Å²) in [5.41, 5.74) is 2.64. The summed E-state index contributed by atoms with van der Waals surface area (Å²) in [6.07, 6.45) is 7.16.